The smallest absolute Gasteiger partial charge is 0.258 e. The summed E-state index contributed by atoms with van der Waals surface area (Å²) in [7, 11) is 1.71. The third-order valence-corrected chi connectivity index (χ3v) is 4.75. The maximum Gasteiger partial charge on any atom is 0.258 e. The van der Waals surface area contributed by atoms with Crippen molar-refractivity contribution in [1.82, 2.24) is 4.98 Å². The molecule has 0 spiro atoms. The van der Waals surface area contributed by atoms with Gasteiger partial charge in [0, 0.05) is 32.5 Å². The number of anilines is 1. The number of hydrogen-bond acceptors (Lipinski definition) is 3. The Morgan fingerprint density at radius 1 is 1.29 bits per heavy atom. The summed E-state index contributed by atoms with van der Waals surface area (Å²) in [6.07, 6.45) is 3.11. The van der Waals surface area contributed by atoms with Crippen LogP contribution in [0.25, 0.3) is 0 Å². The second kappa shape index (κ2) is 5.52. The number of alkyl halides is 2. The molecular weight excluding hydrogens is 274 g/mol. The largest absolute Gasteiger partial charge is 0.385 e. The lowest BCUT2D eigenvalue weighted by Gasteiger charge is -2.21. The summed E-state index contributed by atoms with van der Waals surface area (Å²) in [5, 5.41) is 0. The highest BCUT2D eigenvalue weighted by Crippen LogP contribution is 2.59. The predicted molar refractivity (Wildman–Crippen MR) is 77.9 cm³/mol. The van der Waals surface area contributed by atoms with Gasteiger partial charge >= 0.3 is 0 Å². The zero-order valence-electron chi connectivity index (χ0n) is 12.6. The van der Waals surface area contributed by atoms with Crippen molar-refractivity contribution in [1.29, 1.82) is 0 Å². The molecule has 1 aromatic rings. The fourth-order valence-corrected chi connectivity index (χ4v) is 3.27. The van der Waals surface area contributed by atoms with Crippen LogP contribution in [-0.4, -0.2) is 37.7 Å². The molecule has 1 aliphatic carbocycles. The van der Waals surface area contributed by atoms with Gasteiger partial charge in [-0.25, -0.2) is 13.8 Å². The Kier molecular flexibility index (Phi) is 3.86. The minimum atomic E-state index is -2.42. The molecule has 0 amide bonds. The third-order valence-electron chi connectivity index (χ3n) is 4.75. The van der Waals surface area contributed by atoms with Gasteiger partial charge in [-0.15, -0.1) is 0 Å². The normalized spacial score (nSPS) is 26.0. The molecule has 1 aliphatic heterocycles. The van der Waals surface area contributed by atoms with E-state index in [0.29, 0.717) is 13.1 Å². The Hall–Kier alpha value is -1.23. The average Bonchev–Trinajstić information content (AvgIpc) is 2.81. The van der Waals surface area contributed by atoms with Gasteiger partial charge in [0.05, 0.1) is 11.8 Å². The van der Waals surface area contributed by atoms with Crippen LogP contribution in [0.1, 0.15) is 24.1 Å². The van der Waals surface area contributed by atoms with Crippen LogP contribution in [0, 0.1) is 18.8 Å². The average molecular weight is 296 g/mol. The first kappa shape index (κ1) is 14.7. The molecule has 1 saturated heterocycles. The highest BCUT2D eigenvalue weighted by atomic mass is 19.3. The molecule has 2 fully saturated rings. The van der Waals surface area contributed by atoms with E-state index >= 15 is 0 Å². The maximum absolute atomic E-state index is 13.2. The van der Waals surface area contributed by atoms with Crippen LogP contribution in [0.2, 0.25) is 0 Å². The Bertz CT molecular complexity index is 507. The molecule has 0 bridgehead atoms. The van der Waals surface area contributed by atoms with Gasteiger partial charge in [0.15, 0.2) is 0 Å². The number of aromatic nitrogens is 1. The number of halogens is 2. The molecule has 5 heteroatoms. The first-order valence-corrected chi connectivity index (χ1v) is 7.62. The Morgan fingerprint density at radius 3 is 2.62 bits per heavy atom. The Labute approximate surface area is 124 Å². The molecular formula is C16H22F2N2O. The molecule has 2 aliphatic rings. The number of rotatable bonds is 6. The second-order valence-corrected chi connectivity index (χ2v) is 6.16. The number of fused-ring (bicyclic) bond motifs is 1. The van der Waals surface area contributed by atoms with Crippen LogP contribution in [-0.2, 0) is 11.2 Å². The van der Waals surface area contributed by atoms with E-state index in [2.05, 4.69) is 11.1 Å². The van der Waals surface area contributed by atoms with E-state index < -0.39 is 17.8 Å². The lowest BCUT2D eigenvalue weighted by atomic mass is 10.1. The number of hydrogen-bond donors (Lipinski definition) is 0. The molecule has 0 N–H and O–H groups in total. The summed E-state index contributed by atoms with van der Waals surface area (Å²) in [5.41, 5.74) is 2.25. The molecule has 3 nitrogen and oxygen atoms in total. The van der Waals surface area contributed by atoms with Crippen LogP contribution in [0.15, 0.2) is 12.1 Å². The van der Waals surface area contributed by atoms with Crippen LogP contribution >= 0.6 is 0 Å². The predicted octanol–water partition coefficient (Wildman–Crippen LogP) is 3.06. The highest BCUT2D eigenvalue weighted by molar-refractivity contribution is 5.45. The monoisotopic (exact) mass is 296 g/mol. The minimum Gasteiger partial charge on any atom is -0.385 e. The summed E-state index contributed by atoms with van der Waals surface area (Å²) in [6.45, 7) is 3.67. The fraction of sp³-hybridized carbons (Fsp3) is 0.688. The van der Waals surface area contributed by atoms with E-state index in [4.69, 9.17) is 4.74 Å². The van der Waals surface area contributed by atoms with E-state index in [1.165, 1.54) is 5.56 Å². The van der Waals surface area contributed by atoms with E-state index in [1.807, 2.05) is 17.9 Å². The number of nitrogens with zero attached hydrogens (tertiary/aromatic N) is 2. The number of ether oxygens (including phenoxy) is 1. The number of pyridine rings is 1. The standard InChI is InChI=1S/C16H22F2N2O/c1-11-12(5-3-4-8-21-2)6-7-15(19-11)20-9-13-14(10-20)16(13,17)18/h6-7,13-14H,3-5,8-10H2,1-2H3. The summed E-state index contributed by atoms with van der Waals surface area (Å²) in [6, 6.07) is 4.06. The van der Waals surface area contributed by atoms with Crippen molar-refractivity contribution in [3.8, 4) is 0 Å². The molecule has 3 rings (SSSR count). The van der Waals surface area contributed by atoms with Crippen LogP contribution < -0.4 is 4.90 Å². The van der Waals surface area contributed by atoms with Crippen molar-refractivity contribution in [3.63, 3.8) is 0 Å². The van der Waals surface area contributed by atoms with E-state index in [-0.39, 0.29) is 0 Å². The minimum absolute atomic E-state index is 0.442. The van der Waals surface area contributed by atoms with Gasteiger partial charge in [0.1, 0.15) is 5.82 Å². The molecule has 2 unspecified atom stereocenters. The topological polar surface area (TPSA) is 25.4 Å². The summed E-state index contributed by atoms with van der Waals surface area (Å²) >= 11 is 0. The third kappa shape index (κ3) is 2.76. The molecule has 2 atom stereocenters. The van der Waals surface area contributed by atoms with Crippen molar-refractivity contribution in [2.75, 3.05) is 31.7 Å². The van der Waals surface area contributed by atoms with Gasteiger partial charge in [0.2, 0.25) is 0 Å². The summed E-state index contributed by atoms with van der Waals surface area (Å²) < 4.78 is 31.5. The van der Waals surface area contributed by atoms with Gasteiger partial charge in [-0.3, -0.25) is 0 Å². The first-order valence-electron chi connectivity index (χ1n) is 7.62. The van der Waals surface area contributed by atoms with Crippen LogP contribution in [0.4, 0.5) is 14.6 Å². The highest BCUT2D eigenvalue weighted by Gasteiger charge is 2.71. The zero-order valence-corrected chi connectivity index (χ0v) is 12.6. The molecule has 21 heavy (non-hydrogen) atoms. The lowest BCUT2D eigenvalue weighted by Crippen LogP contribution is -2.28. The van der Waals surface area contributed by atoms with E-state index in [9.17, 15) is 8.78 Å². The molecule has 116 valence electrons. The molecule has 2 heterocycles. The van der Waals surface area contributed by atoms with E-state index in [0.717, 1.165) is 37.4 Å². The van der Waals surface area contributed by atoms with Crippen molar-refractivity contribution >= 4 is 5.82 Å². The van der Waals surface area contributed by atoms with Crippen molar-refractivity contribution < 1.29 is 13.5 Å². The SMILES string of the molecule is COCCCCc1ccc(N2CC3C(C2)C3(F)F)nc1C. The molecule has 0 aromatic carbocycles. The van der Waals surface area contributed by atoms with Gasteiger partial charge in [-0.1, -0.05) is 6.07 Å². The summed E-state index contributed by atoms with van der Waals surface area (Å²) in [5.74, 6) is -2.48. The van der Waals surface area contributed by atoms with Crippen molar-refractivity contribution in [2.45, 2.75) is 32.1 Å². The quantitative estimate of drug-likeness (QED) is 0.754. The van der Waals surface area contributed by atoms with Gasteiger partial charge in [0.25, 0.3) is 5.92 Å². The molecule has 1 aromatic heterocycles. The van der Waals surface area contributed by atoms with Gasteiger partial charge < -0.3 is 9.64 Å². The van der Waals surface area contributed by atoms with Gasteiger partial charge in [-0.2, -0.15) is 0 Å². The molecule has 1 saturated carbocycles. The van der Waals surface area contributed by atoms with Gasteiger partial charge in [-0.05, 0) is 37.8 Å². The zero-order chi connectivity index (χ0) is 15.0. The second-order valence-electron chi connectivity index (χ2n) is 6.16. The van der Waals surface area contributed by atoms with Crippen LogP contribution in [0.3, 0.4) is 0 Å². The number of piperidine rings is 1. The fourth-order valence-electron chi connectivity index (χ4n) is 3.27. The number of aryl methyl sites for hydroxylation is 2. The molecule has 0 radical (unpaired) electrons. The first-order chi connectivity index (χ1) is 10.0. The number of unbranched alkanes of at least 4 members (excludes halogenated alkanes) is 1. The Morgan fingerprint density at radius 2 is 2.00 bits per heavy atom. The van der Waals surface area contributed by atoms with Crippen molar-refractivity contribution in [2.24, 2.45) is 11.8 Å². The lowest BCUT2D eigenvalue weighted by molar-refractivity contribution is 0.0797. The van der Waals surface area contributed by atoms with Crippen LogP contribution in [0.5, 0.6) is 0 Å². The van der Waals surface area contributed by atoms with Crippen molar-refractivity contribution in [3.05, 3.63) is 23.4 Å². The number of methoxy groups -OCH3 is 1. The Balaban J connectivity index is 1.58. The van der Waals surface area contributed by atoms with E-state index in [1.54, 1.807) is 7.11 Å². The maximum atomic E-state index is 13.2. The summed E-state index contributed by atoms with van der Waals surface area (Å²) in [4.78, 5) is 6.60.